The minimum Gasteiger partial charge on any atom is -0.394 e. The van der Waals surface area contributed by atoms with Crippen LogP contribution >= 0.6 is 0 Å². The summed E-state index contributed by atoms with van der Waals surface area (Å²) in [5.41, 5.74) is 0.885. The van der Waals surface area contributed by atoms with Crippen LogP contribution in [0.25, 0.3) is 0 Å². The number of nitrogens with zero attached hydrogens (tertiary/aromatic N) is 6. The van der Waals surface area contributed by atoms with E-state index in [2.05, 4.69) is 15.0 Å². The second kappa shape index (κ2) is 9.20. The number of anilines is 1. The Bertz CT molecular complexity index is 1090. The molecule has 0 radical (unpaired) electrons. The third-order valence-corrected chi connectivity index (χ3v) is 5.60. The van der Waals surface area contributed by atoms with Crippen LogP contribution in [0.2, 0.25) is 0 Å². The van der Waals surface area contributed by atoms with Gasteiger partial charge in [0.2, 0.25) is 5.91 Å². The van der Waals surface area contributed by atoms with Crippen molar-refractivity contribution < 1.29 is 19.1 Å². The van der Waals surface area contributed by atoms with E-state index in [-0.39, 0.29) is 31.2 Å². The quantitative estimate of drug-likeness (QED) is 0.739. The highest BCUT2D eigenvalue weighted by atomic mass is 19.1. The van der Waals surface area contributed by atoms with Crippen LogP contribution in [0.5, 0.6) is 0 Å². The number of aliphatic hydroxyl groups is 1. The smallest absolute Gasteiger partial charge is 0.260 e. The number of aliphatic imine (C=N–C) groups is 2. The van der Waals surface area contributed by atoms with Crippen LogP contribution in [-0.4, -0.2) is 70.6 Å². The molecule has 0 saturated carbocycles. The monoisotopic (exact) mass is 436 g/mol. The minimum atomic E-state index is -0.804. The predicted molar refractivity (Wildman–Crippen MR) is 115 cm³/mol. The van der Waals surface area contributed by atoms with Gasteiger partial charge in [0.25, 0.3) is 5.91 Å². The second-order valence-electron chi connectivity index (χ2n) is 7.65. The predicted octanol–water partition coefficient (Wildman–Crippen LogP) is 1.16. The highest BCUT2D eigenvalue weighted by Gasteiger charge is 2.32. The highest BCUT2D eigenvalue weighted by Crippen LogP contribution is 2.22. The molecule has 1 saturated heterocycles. The van der Waals surface area contributed by atoms with E-state index in [1.165, 1.54) is 24.4 Å². The first-order valence-corrected chi connectivity index (χ1v) is 10.3. The summed E-state index contributed by atoms with van der Waals surface area (Å²) in [4.78, 5) is 41.1. The molecule has 1 aromatic heterocycles. The van der Waals surface area contributed by atoms with Gasteiger partial charge >= 0.3 is 0 Å². The van der Waals surface area contributed by atoms with Crippen LogP contribution in [0.3, 0.4) is 0 Å². The molecule has 1 aromatic rings. The zero-order valence-electron chi connectivity index (χ0n) is 17.2. The number of allylic oxidation sites excluding steroid dienone is 3. The topological polar surface area (TPSA) is 122 Å². The Morgan fingerprint density at radius 3 is 2.84 bits per heavy atom. The van der Waals surface area contributed by atoms with Gasteiger partial charge in [-0.2, -0.15) is 10.3 Å². The number of carbonyl (C=O) groups excluding carboxylic acids is 2. The lowest BCUT2D eigenvalue weighted by Crippen LogP contribution is -2.57. The number of halogens is 1. The summed E-state index contributed by atoms with van der Waals surface area (Å²) in [6.07, 6.45) is 5.63. The first kappa shape index (κ1) is 21.5. The standard InChI is InChI=1S/C22H21FN6O3/c23-15-2-3-18-17(9-15)22(32)27-19(26-18)4-6-21(31)29-8-7-28(12-16(29)13-30)20-5-1-14(10-24)11-25-20/h1-3,5,9,11,16-17,30H,4,6-8,12-13H2. The van der Waals surface area contributed by atoms with Crippen LogP contribution in [-0.2, 0) is 9.59 Å². The molecule has 164 valence electrons. The van der Waals surface area contributed by atoms with E-state index in [1.807, 2.05) is 11.0 Å². The fourth-order valence-corrected chi connectivity index (χ4v) is 3.91. The van der Waals surface area contributed by atoms with E-state index < -0.39 is 23.7 Å². The van der Waals surface area contributed by atoms with Gasteiger partial charge in [-0.25, -0.2) is 14.4 Å². The maximum atomic E-state index is 13.4. The lowest BCUT2D eigenvalue weighted by atomic mass is 9.96. The molecule has 2 atom stereocenters. The van der Waals surface area contributed by atoms with E-state index >= 15 is 0 Å². The summed E-state index contributed by atoms with van der Waals surface area (Å²) in [6.45, 7) is 1.14. The van der Waals surface area contributed by atoms with Crippen LogP contribution < -0.4 is 4.90 Å². The Balaban J connectivity index is 1.36. The number of fused-ring (bicyclic) bond motifs is 1. The van der Waals surface area contributed by atoms with E-state index in [9.17, 15) is 19.1 Å². The number of rotatable bonds is 5. The van der Waals surface area contributed by atoms with Gasteiger partial charge in [0.1, 0.15) is 29.5 Å². The van der Waals surface area contributed by atoms with Gasteiger partial charge in [-0.15, -0.1) is 0 Å². The van der Waals surface area contributed by atoms with Gasteiger partial charge in [0, 0.05) is 38.7 Å². The molecular weight excluding hydrogens is 415 g/mol. The van der Waals surface area contributed by atoms with Gasteiger partial charge < -0.3 is 14.9 Å². The number of amides is 2. The molecule has 3 heterocycles. The minimum absolute atomic E-state index is 0.0904. The number of amidine groups is 1. The van der Waals surface area contributed by atoms with Crippen LogP contribution in [0.15, 0.2) is 52.4 Å². The fourth-order valence-electron chi connectivity index (χ4n) is 3.91. The van der Waals surface area contributed by atoms with Crippen molar-refractivity contribution >= 4 is 29.2 Å². The maximum absolute atomic E-state index is 13.4. The second-order valence-corrected chi connectivity index (χ2v) is 7.65. The molecule has 0 aromatic carbocycles. The molecule has 9 nitrogen and oxygen atoms in total. The summed E-state index contributed by atoms with van der Waals surface area (Å²) in [5.74, 6) is -1.03. The molecule has 2 amide bonds. The lowest BCUT2D eigenvalue weighted by molar-refractivity contribution is -0.134. The number of aromatic nitrogens is 1. The molecule has 1 fully saturated rings. The van der Waals surface area contributed by atoms with Crippen molar-refractivity contribution in [1.29, 1.82) is 5.26 Å². The highest BCUT2D eigenvalue weighted by molar-refractivity contribution is 6.21. The van der Waals surface area contributed by atoms with Gasteiger partial charge in [-0.3, -0.25) is 9.59 Å². The third kappa shape index (κ3) is 4.48. The Kier molecular flexibility index (Phi) is 6.18. The van der Waals surface area contributed by atoms with Crippen molar-refractivity contribution in [2.24, 2.45) is 15.9 Å². The third-order valence-electron chi connectivity index (χ3n) is 5.60. The van der Waals surface area contributed by atoms with Crippen molar-refractivity contribution in [1.82, 2.24) is 9.88 Å². The summed E-state index contributed by atoms with van der Waals surface area (Å²) in [6, 6.07) is 5.04. The van der Waals surface area contributed by atoms with Gasteiger partial charge in [-0.1, -0.05) is 0 Å². The SMILES string of the molecule is N#Cc1ccc(N2CCN(C(=O)CCC3=NC(=O)C4C=C(F)C=CC4=N3)C(CO)C2)nc1. The Morgan fingerprint density at radius 2 is 2.12 bits per heavy atom. The molecule has 0 bridgehead atoms. The molecule has 4 rings (SSSR count). The number of carbonyl (C=O) groups is 2. The Morgan fingerprint density at radius 1 is 1.28 bits per heavy atom. The Hall–Kier alpha value is -3.71. The van der Waals surface area contributed by atoms with Crippen LogP contribution in [0.1, 0.15) is 18.4 Å². The van der Waals surface area contributed by atoms with E-state index in [0.29, 0.717) is 36.7 Å². The molecule has 0 spiro atoms. The van der Waals surface area contributed by atoms with Crippen LogP contribution in [0, 0.1) is 17.2 Å². The van der Waals surface area contributed by atoms with Crippen LogP contribution in [0.4, 0.5) is 10.2 Å². The van der Waals surface area contributed by atoms with Gasteiger partial charge in [0.05, 0.1) is 23.9 Å². The molecule has 3 aliphatic rings. The van der Waals surface area contributed by atoms with Crippen molar-refractivity contribution in [3.05, 3.63) is 47.9 Å². The fraction of sp³-hybridized carbons (Fsp3) is 0.364. The average Bonchev–Trinajstić information content (AvgIpc) is 2.82. The summed E-state index contributed by atoms with van der Waals surface area (Å²) in [7, 11) is 0. The van der Waals surface area contributed by atoms with Crippen molar-refractivity contribution in [3.63, 3.8) is 0 Å². The number of hydrogen-bond donors (Lipinski definition) is 1. The van der Waals surface area contributed by atoms with Crippen molar-refractivity contribution in [2.75, 3.05) is 31.1 Å². The number of pyridine rings is 1. The number of aliphatic hydroxyl groups excluding tert-OH is 1. The van der Waals surface area contributed by atoms with Crippen molar-refractivity contribution in [3.8, 4) is 6.07 Å². The molecule has 10 heteroatoms. The normalized spacial score (nSPS) is 22.5. The number of hydrogen-bond acceptors (Lipinski definition) is 7. The summed E-state index contributed by atoms with van der Waals surface area (Å²) >= 11 is 0. The molecule has 2 unspecified atom stereocenters. The van der Waals surface area contributed by atoms with Gasteiger partial charge in [-0.05, 0) is 30.4 Å². The van der Waals surface area contributed by atoms with E-state index in [1.54, 1.807) is 17.0 Å². The maximum Gasteiger partial charge on any atom is 0.260 e. The lowest BCUT2D eigenvalue weighted by Gasteiger charge is -2.41. The summed E-state index contributed by atoms with van der Waals surface area (Å²) in [5, 5.41) is 18.7. The molecule has 32 heavy (non-hydrogen) atoms. The molecule has 2 aliphatic heterocycles. The molecule has 1 aliphatic carbocycles. The first-order valence-electron chi connectivity index (χ1n) is 10.3. The first-order chi connectivity index (χ1) is 15.5. The molecule has 1 N–H and O–H groups in total. The van der Waals surface area contributed by atoms with E-state index in [0.717, 1.165) is 0 Å². The average molecular weight is 436 g/mol. The van der Waals surface area contributed by atoms with E-state index in [4.69, 9.17) is 5.26 Å². The number of nitriles is 1. The van der Waals surface area contributed by atoms with Gasteiger partial charge in [0.15, 0.2) is 0 Å². The van der Waals surface area contributed by atoms with Crippen molar-refractivity contribution in [2.45, 2.75) is 18.9 Å². The largest absolute Gasteiger partial charge is 0.394 e. The zero-order chi connectivity index (χ0) is 22.7. The Labute approximate surface area is 183 Å². The summed E-state index contributed by atoms with van der Waals surface area (Å²) < 4.78 is 13.4. The zero-order valence-corrected chi connectivity index (χ0v) is 17.2. The molecular formula is C22H21FN6O3. The number of piperazine rings is 1.